The van der Waals surface area contributed by atoms with Crippen LogP contribution in [-0.2, 0) is 4.79 Å². The molecule has 0 radical (unpaired) electrons. The predicted molar refractivity (Wildman–Crippen MR) is 79.5 cm³/mol. The Morgan fingerprint density at radius 3 is 2.76 bits per heavy atom. The molecule has 0 bridgehead atoms. The zero-order valence-electron chi connectivity index (χ0n) is 11.9. The molecule has 1 saturated heterocycles. The lowest BCUT2D eigenvalue weighted by Gasteiger charge is -2.23. The number of rotatable bonds is 2. The second-order valence-electron chi connectivity index (χ2n) is 6.25. The van der Waals surface area contributed by atoms with Gasteiger partial charge in [0.05, 0.1) is 5.41 Å². The summed E-state index contributed by atoms with van der Waals surface area (Å²) in [5, 5.41) is 10.1. The van der Waals surface area contributed by atoms with Gasteiger partial charge < -0.3 is 10.0 Å². The van der Waals surface area contributed by atoms with E-state index in [4.69, 9.17) is 11.6 Å². The fraction of sp³-hybridized carbons (Fsp3) is 0.500. The number of aryl methyl sites for hydroxylation is 1. The second kappa shape index (κ2) is 5.02. The molecule has 5 heteroatoms. The number of likely N-dealkylation sites (tertiary alicyclic amines) is 1. The highest BCUT2D eigenvalue weighted by atomic mass is 35.5. The van der Waals surface area contributed by atoms with E-state index in [2.05, 4.69) is 0 Å². The van der Waals surface area contributed by atoms with Gasteiger partial charge >= 0.3 is 5.97 Å². The molecule has 4 nitrogen and oxygen atoms in total. The van der Waals surface area contributed by atoms with Crippen molar-refractivity contribution >= 4 is 23.5 Å². The topological polar surface area (TPSA) is 57.6 Å². The summed E-state index contributed by atoms with van der Waals surface area (Å²) in [7, 11) is 0. The SMILES string of the molecule is Cc1cc(Cl)cc(C(=O)N2C[C@@H]3CCC[C@@]3(C(=O)O)C2)c1. The van der Waals surface area contributed by atoms with E-state index in [1.165, 1.54) is 0 Å². The summed E-state index contributed by atoms with van der Waals surface area (Å²) in [4.78, 5) is 26.0. The number of carbonyl (C=O) groups is 2. The highest BCUT2D eigenvalue weighted by Gasteiger charge is 2.55. The normalized spacial score (nSPS) is 27.7. The van der Waals surface area contributed by atoms with E-state index < -0.39 is 11.4 Å². The van der Waals surface area contributed by atoms with Gasteiger partial charge in [-0.25, -0.2) is 0 Å². The number of hydrogen-bond acceptors (Lipinski definition) is 2. The van der Waals surface area contributed by atoms with Crippen LogP contribution in [0, 0.1) is 18.3 Å². The lowest BCUT2D eigenvalue weighted by Crippen LogP contribution is -2.37. The van der Waals surface area contributed by atoms with Crippen LogP contribution >= 0.6 is 11.6 Å². The maximum atomic E-state index is 12.6. The van der Waals surface area contributed by atoms with Crippen LogP contribution in [0.4, 0.5) is 0 Å². The Bertz CT molecular complexity index is 595. The maximum absolute atomic E-state index is 12.6. The molecule has 0 aromatic heterocycles. The summed E-state index contributed by atoms with van der Waals surface area (Å²) < 4.78 is 0. The first-order chi connectivity index (χ1) is 9.92. The Kier molecular flexibility index (Phi) is 3.44. The third-order valence-electron chi connectivity index (χ3n) is 4.87. The number of amides is 1. The first-order valence-corrected chi connectivity index (χ1v) is 7.60. The van der Waals surface area contributed by atoms with Gasteiger partial charge in [-0.15, -0.1) is 0 Å². The molecule has 0 unspecified atom stereocenters. The average molecular weight is 308 g/mol. The highest BCUT2D eigenvalue weighted by molar-refractivity contribution is 6.31. The van der Waals surface area contributed by atoms with Crippen LogP contribution < -0.4 is 0 Å². The van der Waals surface area contributed by atoms with Gasteiger partial charge in [0.25, 0.3) is 5.91 Å². The molecule has 1 aromatic rings. The van der Waals surface area contributed by atoms with Gasteiger partial charge in [-0.2, -0.15) is 0 Å². The van der Waals surface area contributed by atoms with Crippen LogP contribution in [0.25, 0.3) is 0 Å². The minimum atomic E-state index is -0.762. The molecule has 2 aliphatic rings. The van der Waals surface area contributed by atoms with Crippen molar-refractivity contribution in [3.05, 3.63) is 34.3 Å². The Labute approximate surface area is 128 Å². The van der Waals surface area contributed by atoms with Crippen molar-refractivity contribution in [3.63, 3.8) is 0 Å². The number of halogens is 1. The largest absolute Gasteiger partial charge is 0.481 e. The average Bonchev–Trinajstić information content (AvgIpc) is 2.93. The summed E-state index contributed by atoms with van der Waals surface area (Å²) in [6.07, 6.45) is 2.51. The lowest BCUT2D eigenvalue weighted by atomic mass is 9.81. The number of carbonyl (C=O) groups excluding carboxylic acids is 1. The second-order valence-corrected chi connectivity index (χ2v) is 6.69. The van der Waals surface area contributed by atoms with Gasteiger partial charge in [0.15, 0.2) is 0 Å². The van der Waals surface area contributed by atoms with E-state index >= 15 is 0 Å². The quantitative estimate of drug-likeness (QED) is 0.914. The Hall–Kier alpha value is -1.55. The molecule has 1 N–H and O–H groups in total. The van der Waals surface area contributed by atoms with Crippen LogP contribution in [0.1, 0.15) is 35.2 Å². The number of benzene rings is 1. The summed E-state index contributed by atoms with van der Waals surface area (Å²) in [5.74, 6) is -0.794. The van der Waals surface area contributed by atoms with Gasteiger partial charge in [0.2, 0.25) is 0 Å². The van der Waals surface area contributed by atoms with Crippen molar-refractivity contribution in [1.29, 1.82) is 0 Å². The summed E-state index contributed by atoms with van der Waals surface area (Å²) in [5.41, 5.74) is 0.738. The molecule has 2 fully saturated rings. The van der Waals surface area contributed by atoms with E-state index in [0.717, 1.165) is 18.4 Å². The Balaban J connectivity index is 1.86. The van der Waals surface area contributed by atoms with Gasteiger partial charge in [-0.05, 0) is 49.4 Å². The molecule has 1 aromatic carbocycles. The van der Waals surface area contributed by atoms with Gasteiger partial charge in [-0.1, -0.05) is 18.0 Å². The van der Waals surface area contributed by atoms with Gasteiger partial charge in [0, 0.05) is 23.7 Å². The van der Waals surface area contributed by atoms with Crippen molar-refractivity contribution in [2.45, 2.75) is 26.2 Å². The molecule has 1 aliphatic carbocycles. The zero-order chi connectivity index (χ0) is 15.2. The molecule has 1 saturated carbocycles. The molecular weight excluding hydrogens is 290 g/mol. The molecule has 1 amide bonds. The van der Waals surface area contributed by atoms with Crippen LogP contribution in [-0.4, -0.2) is 35.0 Å². The number of aliphatic carboxylic acids is 1. The number of carboxylic acid groups (broad SMARTS) is 1. The monoisotopic (exact) mass is 307 g/mol. The molecule has 3 rings (SSSR count). The molecule has 112 valence electrons. The van der Waals surface area contributed by atoms with E-state index in [1.54, 1.807) is 23.1 Å². The first-order valence-electron chi connectivity index (χ1n) is 7.22. The number of nitrogens with zero attached hydrogens (tertiary/aromatic N) is 1. The Morgan fingerprint density at radius 2 is 2.14 bits per heavy atom. The van der Waals surface area contributed by atoms with Crippen molar-refractivity contribution in [3.8, 4) is 0 Å². The van der Waals surface area contributed by atoms with Gasteiger partial charge in [0.1, 0.15) is 0 Å². The summed E-state index contributed by atoms with van der Waals surface area (Å²) >= 11 is 6.01. The fourth-order valence-electron chi connectivity index (χ4n) is 3.84. The standard InChI is InChI=1S/C16H18ClNO3/c1-10-5-11(7-13(17)6-10)14(19)18-8-12-3-2-4-16(12,9-18)15(20)21/h5-7,12H,2-4,8-9H2,1H3,(H,20,21)/t12-,16+/m0/s1. The third kappa shape index (κ3) is 2.31. The predicted octanol–water partition coefficient (Wildman–Crippen LogP) is 2.98. The number of fused-ring (bicyclic) bond motifs is 1. The van der Waals surface area contributed by atoms with Crippen LogP contribution in [0.5, 0.6) is 0 Å². The van der Waals surface area contributed by atoms with E-state index in [9.17, 15) is 14.7 Å². The van der Waals surface area contributed by atoms with Crippen molar-refractivity contribution in [2.24, 2.45) is 11.3 Å². The zero-order valence-corrected chi connectivity index (χ0v) is 12.7. The van der Waals surface area contributed by atoms with E-state index in [1.807, 2.05) is 6.92 Å². The van der Waals surface area contributed by atoms with Crippen molar-refractivity contribution < 1.29 is 14.7 Å². The lowest BCUT2D eigenvalue weighted by molar-refractivity contribution is -0.149. The van der Waals surface area contributed by atoms with E-state index in [-0.39, 0.29) is 11.8 Å². The van der Waals surface area contributed by atoms with Crippen LogP contribution in [0.2, 0.25) is 5.02 Å². The van der Waals surface area contributed by atoms with Crippen LogP contribution in [0.3, 0.4) is 0 Å². The Morgan fingerprint density at radius 1 is 1.38 bits per heavy atom. The molecule has 21 heavy (non-hydrogen) atoms. The maximum Gasteiger partial charge on any atom is 0.311 e. The van der Waals surface area contributed by atoms with Crippen LogP contribution in [0.15, 0.2) is 18.2 Å². The molecule has 0 spiro atoms. The minimum Gasteiger partial charge on any atom is -0.481 e. The fourth-order valence-corrected chi connectivity index (χ4v) is 4.13. The smallest absolute Gasteiger partial charge is 0.311 e. The molecule has 2 atom stereocenters. The van der Waals surface area contributed by atoms with Gasteiger partial charge in [-0.3, -0.25) is 9.59 Å². The van der Waals surface area contributed by atoms with Crippen molar-refractivity contribution in [2.75, 3.05) is 13.1 Å². The van der Waals surface area contributed by atoms with Crippen molar-refractivity contribution in [1.82, 2.24) is 4.90 Å². The third-order valence-corrected chi connectivity index (χ3v) is 5.09. The van der Waals surface area contributed by atoms with E-state index in [0.29, 0.717) is 30.1 Å². The molecular formula is C16H18ClNO3. The first kappa shape index (κ1) is 14.4. The summed E-state index contributed by atoms with van der Waals surface area (Å²) in [6, 6.07) is 5.25. The highest BCUT2D eigenvalue weighted by Crippen LogP contribution is 2.49. The minimum absolute atomic E-state index is 0.0826. The molecule has 1 aliphatic heterocycles. The number of carboxylic acids is 1. The number of hydrogen-bond donors (Lipinski definition) is 1. The molecule has 1 heterocycles. The summed E-state index contributed by atoms with van der Waals surface area (Å²) in [6.45, 7) is 2.74.